The van der Waals surface area contributed by atoms with E-state index in [4.69, 9.17) is 37.0 Å². The summed E-state index contributed by atoms with van der Waals surface area (Å²) in [4.78, 5) is 72.8. The third-order valence-corrected chi connectivity index (χ3v) is 21.1. The van der Waals surface area contributed by atoms with Crippen LogP contribution in [0.4, 0.5) is 0 Å². The van der Waals surface area contributed by atoms with Gasteiger partial charge in [-0.25, -0.2) is 9.13 Å². The van der Waals surface area contributed by atoms with Gasteiger partial charge in [0.25, 0.3) is 0 Å². The van der Waals surface area contributed by atoms with E-state index in [2.05, 4.69) is 41.5 Å². The second-order valence-electron chi connectivity index (χ2n) is 30.5. The highest BCUT2D eigenvalue weighted by Gasteiger charge is 2.30. The van der Waals surface area contributed by atoms with Crippen molar-refractivity contribution in [3.8, 4) is 0 Å². The average molecular weight is 1480 g/mol. The fourth-order valence-corrected chi connectivity index (χ4v) is 14.3. The summed E-state index contributed by atoms with van der Waals surface area (Å²) in [5, 5.41) is 10.6. The maximum absolute atomic E-state index is 13.1. The van der Waals surface area contributed by atoms with Gasteiger partial charge in [0.15, 0.2) is 12.2 Å². The van der Waals surface area contributed by atoms with Crippen LogP contribution in [0.15, 0.2) is 0 Å². The lowest BCUT2D eigenvalue weighted by Gasteiger charge is -2.21. The molecule has 0 heterocycles. The Morgan fingerprint density at radius 1 is 0.267 bits per heavy atom. The smallest absolute Gasteiger partial charge is 0.462 e. The molecule has 0 aliphatic rings. The largest absolute Gasteiger partial charge is 0.472 e. The predicted octanol–water partition coefficient (Wildman–Crippen LogP) is 24.7. The van der Waals surface area contributed by atoms with Crippen LogP contribution in [0.25, 0.3) is 0 Å². The summed E-state index contributed by atoms with van der Waals surface area (Å²) in [5.74, 6) is -0.469. The number of aliphatic hydroxyl groups excluding tert-OH is 1. The molecular weight excluding hydrogens is 1320 g/mol. The highest BCUT2D eigenvalue weighted by molar-refractivity contribution is 7.47. The lowest BCUT2D eigenvalue weighted by molar-refractivity contribution is -0.161. The van der Waals surface area contributed by atoms with Gasteiger partial charge in [-0.15, -0.1) is 0 Å². The minimum atomic E-state index is -4.96. The van der Waals surface area contributed by atoms with Crippen LogP contribution in [0.5, 0.6) is 0 Å². The fourth-order valence-electron chi connectivity index (χ4n) is 12.7. The summed E-state index contributed by atoms with van der Waals surface area (Å²) in [6, 6.07) is 0. The van der Waals surface area contributed by atoms with E-state index in [9.17, 15) is 43.2 Å². The summed E-state index contributed by atoms with van der Waals surface area (Å²) in [7, 11) is -9.91. The first-order valence-electron chi connectivity index (χ1n) is 42.5. The van der Waals surface area contributed by atoms with Crippen LogP contribution in [0.1, 0.15) is 433 Å². The topological polar surface area (TPSA) is 237 Å². The summed E-state index contributed by atoms with van der Waals surface area (Å²) in [5.41, 5.74) is 0. The number of rotatable bonds is 81. The van der Waals surface area contributed by atoms with Gasteiger partial charge in [-0.1, -0.05) is 382 Å². The van der Waals surface area contributed by atoms with Crippen molar-refractivity contribution in [3.05, 3.63) is 0 Å². The lowest BCUT2D eigenvalue weighted by atomic mass is 10.0. The van der Waals surface area contributed by atoms with E-state index in [-0.39, 0.29) is 25.7 Å². The van der Waals surface area contributed by atoms with Gasteiger partial charge >= 0.3 is 39.5 Å². The summed E-state index contributed by atoms with van der Waals surface area (Å²) >= 11 is 0. The fraction of sp³-hybridized carbons (Fsp3) is 0.951. The summed E-state index contributed by atoms with van der Waals surface area (Å²) in [6.07, 6.45) is 64.1. The Labute approximate surface area is 619 Å². The van der Waals surface area contributed by atoms with Gasteiger partial charge in [-0.3, -0.25) is 37.3 Å². The molecule has 0 fully saturated rings. The molecule has 0 aromatic carbocycles. The van der Waals surface area contributed by atoms with E-state index in [0.717, 1.165) is 115 Å². The zero-order chi connectivity index (χ0) is 74.2. The molecule has 0 saturated heterocycles. The van der Waals surface area contributed by atoms with Crippen molar-refractivity contribution in [2.24, 2.45) is 11.8 Å². The molecule has 19 heteroatoms. The zero-order valence-electron chi connectivity index (χ0n) is 66.2. The highest BCUT2D eigenvalue weighted by atomic mass is 31.2. The van der Waals surface area contributed by atoms with Gasteiger partial charge in [-0.2, -0.15) is 0 Å². The number of aliphatic hydroxyl groups is 1. The van der Waals surface area contributed by atoms with Crippen molar-refractivity contribution >= 4 is 39.5 Å². The molecule has 600 valence electrons. The van der Waals surface area contributed by atoms with Crippen molar-refractivity contribution in [2.45, 2.75) is 452 Å². The van der Waals surface area contributed by atoms with Crippen LogP contribution in [-0.2, 0) is 65.4 Å². The second-order valence-corrected chi connectivity index (χ2v) is 33.4. The van der Waals surface area contributed by atoms with E-state index in [1.54, 1.807) is 0 Å². The second kappa shape index (κ2) is 73.6. The molecule has 0 aliphatic heterocycles. The molecule has 0 aromatic rings. The van der Waals surface area contributed by atoms with Crippen LogP contribution in [0, 0.1) is 11.8 Å². The number of phosphoric ester groups is 2. The Hall–Kier alpha value is -1.94. The number of carbonyl (C=O) groups is 4. The molecule has 0 aromatic heterocycles. The van der Waals surface area contributed by atoms with Crippen molar-refractivity contribution < 1.29 is 80.2 Å². The van der Waals surface area contributed by atoms with Gasteiger partial charge in [0, 0.05) is 25.7 Å². The predicted molar refractivity (Wildman–Crippen MR) is 414 cm³/mol. The average Bonchev–Trinajstić information content (AvgIpc) is 0.950. The van der Waals surface area contributed by atoms with Gasteiger partial charge < -0.3 is 33.8 Å². The van der Waals surface area contributed by atoms with E-state index in [1.807, 2.05) is 0 Å². The van der Waals surface area contributed by atoms with Gasteiger partial charge in [0.1, 0.15) is 19.3 Å². The van der Waals surface area contributed by atoms with Crippen molar-refractivity contribution in [1.29, 1.82) is 0 Å². The van der Waals surface area contributed by atoms with Gasteiger partial charge in [0.2, 0.25) is 0 Å². The standard InChI is InChI=1S/C82H160O17P2/c1-7-9-11-13-15-16-17-36-42-48-54-60-66-81(86)98-77(70-92-79(84)64-58-52-44-14-12-10-8-2)72-96-100(88,89)94-68-76(83)69-95-101(90,91)97-73-78(99-82(87)67-61-55-49-43-38-33-29-25-21-19-23-27-31-35-40-46-51-57-63-75(5)6)71-93-80(85)65-59-53-47-41-37-32-28-24-20-18-22-26-30-34-39-45-50-56-62-74(3)4/h74-78,83H,7-73H2,1-6H3,(H,88,89)(H,90,91)/t76-,77+,78+/m0/s1. The third kappa shape index (κ3) is 76.1. The first-order valence-corrected chi connectivity index (χ1v) is 45.5. The van der Waals surface area contributed by atoms with Crippen LogP contribution >= 0.6 is 15.6 Å². The van der Waals surface area contributed by atoms with Crippen molar-refractivity contribution in [2.75, 3.05) is 39.6 Å². The van der Waals surface area contributed by atoms with Crippen molar-refractivity contribution in [3.63, 3.8) is 0 Å². The van der Waals surface area contributed by atoms with E-state index in [0.29, 0.717) is 25.7 Å². The van der Waals surface area contributed by atoms with Crippen LogP contribution in [0.2, 0.25) is 0 Å². The highest BCUT2D eigenvalue weighted by Crippen LogP contribution is 2.45. The maximum atomic E-state index is 13.1. The Bertz CT molecular complexity index is 1940. The first kappa shape index (κ1) is 99.1. The third-order valence-electron chi connectivity index (χ3n) is 19.2. The van der Waals surface area contributed by atoms with E-state index in [1.165, 1.54) is 238 Å². The van der Waals surface area contributed by atoms with Crippen LogP contribution in [-0.4, -0.2) is 96.7 Å². The first-order chi connectivity index (χ1) is 48.9. The summed E-state index contributed by atoms with van der Waals surface area (Å²) < 4.78 is 68.6. The molecule has 101 heavy (non-hydrogen) atoms. The number of hydrogen-bond donors (Lipinski definition) is 3. The number of esters is 4. The number of hydrogen-bond acceptors (Lipinski definition) is 15. The Morgan fingerprint density at radius 2 is 0.455 bits per heavy atom. The maximum Gasteiger partial charge on any atom is 0.472 e. The van der Waals surface area contributed by atoms with Gasteiger partial charge in [-0.05, 0) is 37.5 Å². The number of phosphoric acid groups is 2. The molecule has 0 rings (SSSR count). The van der Waals surface area contributed by atoms with Gasteiger partial charge in [0.05, 0.1) is 26.4 Å². The quantitative estimate of drug-likeness (QED) is 0.0222. The van der Waals surface area contributed by atoms with Crippen LogP contribution in [0.3, 0.4) is 0 Å². The van der Waals surface area contributed by atoms with Crippen molar-refractivity contribution in [1.82, 2.24) is 0 Å². The van der Waals surface area contributed by atoms with E-state index >= 15 is 0 Å². The molecule has 5 atom stereocenters. The minimum absolute atomic E-state index is 0.107. The van der Waals surface area contributed by atoms with E-state index < -0.39 is 97.5 Å². The Balaban J connectivity index is 5.15. The zero-order valence-corrected chi connectivity index (χ0v) is 68.0. The molecule has 0 amide bonds. The molecule has 0 bridgehead atoms. The minimum Gasteiger partial charge on any atom is -0.462 e. The molecule has 2 unspecified atom stereocenters. The number of carbonyl (C=O) groups excluding carboxylic acids is 4. The molecule has 0 radical (unpaired) electrons. The molecule has 3 N–H and O–H groups in total. The SMILES string of the molecule is CCCCCCCCCCCCCCC(=O)O[C@H](COC(=O)CCCCCCCCC)COP(=O)(O)OC[C@H](O)COP(=O)(O)OC[C@@H](COC(=O)CCCCCCCCCCCCCCCCCCCCC(C)C)OC(=O)CCCCCCCCCCCCCCCCCCCCC(C)C. The number of unbranched alkanes of at least 4 members (excludes halogenated alkanes) is 51. The molecule has 0 saturated carbocycles. The summed E-state index contributed by atoms with van der Waals surface area (Å²) in [6.45, 7) is 9.67. The Morgan fingerprint density at radius 3 is 0.673 bits per heavy atom. The lowest BCUT2D eigenvalue weighted by Crippen LogP contribution is -2.30. The molecular formula is C82H160O17P2. The molecule has 17 nitrogen and oxygen atoms in total. The van der Waals surface area contributed by atoms with Crippen LogP contribution < -0.4 is 0 Å². The number of ether oxygens (including phenoxy) is 4. The monoisotopic (exact) mass is 1480 g/mol. The molecule has 0 aliphatic carbocycles. The molecule has 0 spiro atoms. The Kier molecular flexibility index (Phi) is 72.2. The normalized spacial score (nSPS) is 13.9.